The summed E-state index contributed by atoms with van der Waals surface area (Å²) in [5.41, 5.74) is 4.42. The van der Waals surface area contributed by atoms with Gasteiger partial charge in [-0.15, -0.1) is 0 Å². The van der Waals surface area contributed by atoms with Gasteiger partial charge in [-0.2, -0.15) is 13.2 Å². The fourth-order valence-electron chi connectivity index (χ4n) is 4.09. The average molecular weight is 471 g/mol. The van der Waals surface area contributed by atoms with Crippen LogP contribution in [0.3, 0.4) is 0 Å². The molecular formula is C26H22ClF3N2O. The summed E-state index contributed by atoms with van der Waals surface area (Å²) in [6.07, 6.45) is -3.74. The minimum Gasteiger partial charge on any atom is -0.361 e. The van der Waals surface area contributed by atoms with Gasteiger partial charge in [-0.05, 0) is 61.2 Å². The highest BCUT2D eigenvalue weighted by molar-refractivity contribution is 6.31. The molecule has 0 fully saturated rings. The van der Waals surface area contributed by atoms with Crippen molar-refractivity contribution in [2.45, 2.75) is 33.0 Å². The van der Waals surface area contributed by atoms with E-state index in [9.17, 15) is 18.0 Å². The molecule has 0 aliphatic carbocycles. The molecule has 0 unspecified atom stereocenters. The van der Waals surface area contributed by atoms with Gasteiger partial charge in [0.1, 0.15) is 5.02 Å². The summed E-state index contributed by atoms with van der Waals surface area (Å²) in [5, 5.41) is 0.192. The first-order valence-electron chi connectivity index (χ1n) is 10.5. The van der Waals surface area contributed by atoms with Gasteiger partial charge in [0.25, 0.3) is 0 Å². The van der Waals surface area contributed by atoms with Crippen molar-refractivity contribution in [1.29, 1.82) is 0 Å². The zero-order chi connectivity index (χ0) is 23.8. The molecule has 4 rings (SSSR count). The number of pyridine rings is 1. The predicted molar refractivity (Wildman–Crippen MR) is 124 cm³/mol. The van der Waals surface area contributed by atoms with Crippen LogP contribution >= 0.6 is 11.6 Å². The molecule has 0 spiro atoms. The average Bonchev–Trinajstić information content (AvgIpc) is 2.77. The second kappa shape index (κ2) is 9.09. The number of nitrogens with zero attached hydrogens (tertiary/aromatic N) is 1. The Balaban J connectivity index is 1.43. The fraction of sp³-hybridized carbons (Fsp3) is 0.269. The predicted octanol–water partition coefficient (Wildman–Crippen LogP) is 5.74. The first-order valence-corrected chi connectivity index (χ1v) is 10.9. The Morgan fingerprint density at radius 1 is 1.06 bits per heavy atom. The Hall–Kier alpha value is -3.01. The van der Waals surface area contributed by atoms with Crippen molar-refractivity contribution in [3.8, 4) is 23.0 Å². The maximum Gasteiger partial charge on any atom is 0.416 e. The maximum absolute atomic E-state index is 12.9. The van der Waals surface area contributed by atoms with E-state index in [0.717, 1.165) is 34.0 Å². The molecule has 170 valence electrons. The lowest BCUT2D eigenvalue weighted by Crippen LogP contribution is -2.31. The number of hydrogen-bond donors (Lipinski definition) is 1. The highest BCUT2D eigenvalue weighted by atomic mass is 35.5. The van der Waals surface area contributed by atoms with E-state index in [4.69, 9.17) is 11.6 Å². The second-order valence-electron chi connectivity index (χ2n) is 8.21. The van der Waals surface area contributed by atoms with Crippen LogP contribution in [0.15, 0.2) is 47.3 Å². The molecule has 1 N–H and O–H groups in total. The van der Waals surface area contributed by atoms with Crippen molar-refractivity contribution >= 4 is 11.6 Å². The Bertz CT molecular complexity index is 1310. The van der Waals surface area contributed by atoms with Gasteiger partial charge >= 0.3 is 6.18 Å². The van der Waals surface area contributed by atoms with Crippen LogP contribution in [-0.2, 0) is 19.1 Å². The van der Waals surface area contributed by atoms with Gasteiger partial charge in [0.05, 0.1) is 12.1 Å². The molecule has 7 heteroatoms. The van der Waals surface area contributed by atoms with Crippen molar-refractivity contribution < 1.29 is 13.2 Å². The largest absolute Gasteiger partial charge is 0.416 e. The van der Waals surface area contributed by atoms with Gasteiger partial charge in [-0.25, -0.2) is 0 Å². The van der Waals surface area contributed by atoms with Crippen LogP contribution in [0, 0.1) is 25.7 Å². The highest BCUT2D eigenvalue weighted by Crippen LogP contribution is 2.32. The molecule has 1 aliphatic rings. The van der Waals surface area contributed by atoms with Gasteiger partial charge in [0, 0.05) is 35.6 Å². The fourth-order valence-corrected chi connectivity index (χ4v) is 4.23. The molecule has 0 amide bonds. The third-order valence-electron chi connectivity index (χ3n) is 5.84. The van der Waals surface area contributed by atoms with Crippen LogP contribution in [0.5, 0.6) is 0 Å². The third kappa shape index (κ3) is 5.00. The van der Waals surface area contributed by atoms with Crippen LogP contribution in [0.1, 0.15) is 33.6 Å². The molecule has 2 aromatic carbocycles. The molecule has 2 heterocycles. The molecular weight excluding hydrogens is 449 g/mol. The SMILES string of the molecule is Cc1[nH]c(C)c(-c2ccc(C#CCN3CCc4cc(C(F)(F)F)ccc4C3)cc2)c(=O)c1Cl. The van der Waals surface area contributed by atoms with E-state index in [-0.39, 0.29) is 10.5 Å². The van der Waals surface area contributed by atoms with E-state index in [0.29, 0.717) is 37.3 Å². The number of aromatic nitrogens is 1. The van der Waals surface area contributed by atoms with Crippen molar-refractivity contribution in [2.24, 2.45) is 0 Å². The monoisotopic (exact) mass is 470 g/mol. The van der Waals surface area contributed by atoms with Gasteiger partial charge in [-0.3, -0.25) is 9.69 Å². The number of alkyl halides is 3. The normalized spacial score (nSPS) is 13.9. The first-order chi connectivity index (χ1) is 15.6. The molecule has 0 saturated carbocycles. The summed E-state index contributed by atoms with van der Waals surface area (Å²) in [6.45, 7) is 5.37. The number of hydrogen-bond acceptors (Lipinski definition) is 2. The molecule has 0 atom stereocenters. The van der Waals surface area contributed by atoms with Gasteiger partial charge in [0.2, 0.25) is 5.43 Å². The van der Waals surface area contributed by atoms with Crippen LogP contribution in [-0.4, -0.2) is 23.0 Å². The zero-order valence-corrected chi connectivity index (χ0v) is 19.0. The van der Waals surface area contributed by atoms with Gasteiger partial charge in [-0.1, -0.05) is 41.6 Å². The molecule has 0 radical (unpaired) electrons. The summed E-state index contributed by atoms with van der Waals surface area (Å²) in [4.78, 5) is 17.8. The van der Waals surface area contributed by atoms with Crippen LogP contribution in [0.2, 0.25) is 5.02 Å². The van der Waals surface area contributed by atoms with E-state index in [2.05, 4.69) is 21.7 Å². The Morgan fingerprint density at radius 2 is 1.79 bits per heavy atom. The summed E-state index contributed by atoms with van der Waals surface area (Å²) >= 11 is 6.12. The summed E-state index contributed by atoms with van der Waals surface area (Å²) in [7, 11) is 0. The number of nitrogens with one attached hydrogen (secondary N) is 1. The molecule has 3 nitrogen and oxygen atoms in total. The molecule has 0 saturated heterocycles. The number of H-pyrrole nitrogens is 1. The van der Waals surface area contributed by atoms with Crippen molar-refractivity contribution in [3.63, 3.8) is 0 Å². The van der Waals surface area contributed by atoms with Crippen molar-refractivity contribution in [3.05, 3.63) is 91.4 Å². The number of aromatic amines is 1. The summed E-state index contributed by atoms with van der Waals surface area (Å²) < 4.78 is 38.7. The zero-order valence-electron chi connectivity index (χ0n) is 18.2. The molecule has 33 heavy (non-hydrogen) atoms. The molecule has 1 aliphatic heterocycles. The van der Waals surface area contributed by atoms with Gasteiger partial charge < -0.3 is 4.98 Å². The van der Waals surface area contributed by atoms with E-state index in [1.54, 1.807) is 13.0 Å². The van der Waals surface area contributed by atoms with E-state index >= 15 is 0 Å². The number of halogens is 4. The number of aryl methyl sites for hydroxylation is 2. The molecule has 3 aromatic rings. The van der Waals surface area contributed by atoms with Crippen LogP contribution in [0.4, 0.5) is 13.2 Å². The van der Waals surface area contributed by atoms with Gasteiger partial charge in [0.15, 0.2) is 0 Å². The standard InChI is InChI=1S/C26H22ClF3N2O/c1-16-23(25(33)24(27)17(2)31-16)19-7-5-18(6-8-19)4-3-12-32-13-11-20-14-22(26(28,29)30)10-9-21(20)15-32/h5-10,14H,11-13,15H2,1-2H3,(H,31,33). The number of benzene rings is 2. The second-order valence-corrected chi connectivity index (χ2v) is 8.59. The lowest BCUT2D eigenvalue weighted by atomic mass is 9.97. The topological polar surface area (TPSA) is 36.1 Å². The highest BCUT2D eigenvalue weighted by Gasteiger charge is 2.31. The number of fused-ring (bicyclic) bond motifs is 1. The summed E-state index contributed by atoms with van der Waals surface area (Å²) in [5.74, 6) is 6.26. The summed E-state index contributed by atoms with van der Waals surface area (Å²) in [6, 6.07) is 11.4. The third-order valence-corrected chi connectivity index (χ3v) is 6.29. The van der Waals surface area contributed by atoms with E-state index < -0.39 is 11.7 Å². The Labute approximate surface area is 195 Å². The lowest BCUT2D eigenvalue weighted by molar-refractivity contribution is -0.137. The Kier molecular flexibility index (Phi) is 6.38. The lowest BCUT2D eigenvalue weighted by Gasteiger charge is -2.27. The van der Waals surface area contributed by atoms with Crippen molar-refractivity contribution in [2.75, 3.05) is 13.1 Å². The van der Waals surface area contributed by atoms with E-state index in [1.807, 2.05) is 31.2 Å². The van der Waals surface area contributed by atoms with Crippen LogP contribution < -0.4 is 5.43 Å². The molecule has 1 aromatic heterocycles. The Morgan fingerprint density at radius 3 is 2.48 bits per heavy atom. The van der Waals surface area contributed by atoms with E-state index in [1.165, 1.54) is 6.07 Å². The minimum absolute atomic E-state index is 0.192. The van der Waals surface area contributed by atoms with Crippen molar-refractivity contribution in [1.82, 2.24) is 9.88 Å². The molecule has 0 bridgehead atoms. The minimum atomic E-state index is -4.31. The van der Waals surface area contributed by atoms with Crippen LogP contribution in [0.25, 0.3) is 11.1 Å². The first kappa shape index (κ1) is 23.2. The smallest absolute Gasteiger partial charge is 0.361 e. The maximum atomic E-state index is 12.9. The quantitative estimate of drug-likeness (QED) is 0.485. The number of rotatable bonds is 2.